The summed E-state index contributed by atoms with van der Waals surface area (Å²) in [5.74, 6) is -0.108. The van der Waals surface area contributed by atoms with E-state index in [2.05, 4.69) is 5.32 Å². The summed E-state index contributed by atoms with van der Waals surface area (Å²) >= 11 is 6.01. The maximum absolute atomic E-state index is 12.4. The maximum Gasteiger partial charge on any atom is 0.269 e. The van der Waals surface area contributed by atoms with E-state index in [9.17, 15) is 14.9 Å². The van der Waals surface area contributed by atoms with Gasteiger partial charge >= 0.3 is 0 Å². The molecule has 27 heavy (non-hydrogen) atoms. The monoisotopic (exact) mass is 388 g/mol. The normalized spacial score (nSPS) is 15.9. The first-order chi connectivity index (χ1) is 13.0. The second kappa shape index (κ2) is 8.50. The molecule has 0 bridgehead atoms. The summed E-state index contributed by atoms with van der Waals surface area (Å²) in [5, 5.41) is 14.4. The summed E-state index contributed by atoms with van der Waals surface area (Å²) in [4.78, 5) is 22.7. The number of amides is 1. The van der Waals surface area contributed by atoms with Crippen molar-refractivity contribution in [1.82, 2.24) is 5.32 Å². The smallest absolute Gasteiger partial charge is 0.269 e. The average molecular weight is 389 g/mol. The third kappa shape index (κ3) is 4.84. The molecule has 0 spiro atoms. The van der Waals surface area contributed by atoms with Gasteiger partial charge in [-0.3, -0.25) is 14.9 Å². The highest BCUT2D eigenvalue weighted by molar-refractivity contribution is 6.30. The minimum Gasteiger partial charge on any atom is -0.381 e. The van der Waals surface area contributed by atoms with Gasteiger partial charge in [0.15, 0.2) is 0 Å². The lowest BCUT2D eigenvalue weighted by Crippen LogP contribution is -2.45. The number of carbonyl (C=O) groups excluding carboxylic acids is 1. The molecule has 1 heterocycles. The first-order valence-corrected chi connectivity index (χ1v) is 9.20. The topological polar surface area (TPSA) is 81.5 Å². The molecule has 2 aromatic carbocycles. The zero-order valence-corrected chi connectivity index (χ0v) is 15.6. The van der Waals surface area contributed by atoms with Crippen LogP contribution in [0, 0.1) is 10.1 Å². The Hall–Kier alpha value is -2.44. The molecular weight excluding hydrogens is 368 g/mol. The van der Waals surface area contributed by atoms with Gasteiger partial charge in [0.1, 0.15) is 0 Å². The van der Waals surface area contributed by atoms with Crippen LogP contribution in [0.5, 0.6) is 0 Å². The first kappa shape index (κ1) is 19.3. The number of nitro groups is 1. The molecule has 1 fully saturated rings. The molecule has 2 aromatic rings. The number of halogens is 1. The number of hydrogen-bond donors (Lipinski definition) is 1. The van der Waals surface area contributed by atoms with Crippen molar-refractivity contribution in [2.45, 2.75) is 24.7 Å². The lowest BCUT2D eigenvalue weighted by Gasteiger charge is -2.38. The fourth-order valence-corrected chi connectivity index (χ4v) is 3.51. The highest BCUT2D eigenvalue weighted by Gasteiger charge is 2.34. The first-order valence-electron chi connectivity index (χ1n) is 8.82. The van der Waals surface area contributed by atoms with E-state index in [1.54, 1.807) is 12.1 Å². The average Bonchev–Trinajstić information content (AvgIpc) is 2.68. The molecule has 6 nitrogen and oxygen atoms in total. The van der Waals surface area contributed by atoms with Crippen LogP contribution < -0.4 is 5.32 Å². The van der Waals surface area contributed by atoms with Crippen molar-refractivity contribution in [3.63, 3.8) is 0 Å². The van der Waals surface area contributed by atoms with E-state index in [1.165, 1.54) is 12.1 Å². The molecule has 1 saturated heterocycles. The molecular formula is C20H21ClN2O4. The van der Waals surface area contributed by atoms with Crippen LogP contribution in [0.15, 0.2) is 48.5 Å². The summed E-state index contributed by atoms with van der Waals surface area (Å²) in [6, 6.07) is 13.8. The van der Waals surface area contributed by atoms with Crippen molar-refractivity contribution >= 4 is 23.2 Å². The Morgan fingerprint density at radius 2 is 1.74 bits per heavy atom. The Balaban J connectivity index is 1.65. The second-order valence-electron chi connectivity index (χ2n) is 6.78. The maximum atomic E-state index is 12.4. The molecule has 0 aromatic heterocycles. The van der Waals surface area contributed by atoms with Crippen LogP contribution in [0.1, 0.15) is 24.0 Å². The van der Waals surface area contributed by atoms with Gasteiger partial charge < -0.3 is 10.1 Å². The van der Waals surface area contributed by atoms with Gasteiger partial charge in [-0.15, -0.1) is 0 Å². The van der Waals surface area contributed by atoms with Crippen molar-refractivity contribution in [2.24, 2.45) is 0 Å². The number of nitro benzene ring substituents is 1. The van der Waals surface area contributed by atoms with Gasteiger partial charge in [-0.25, -0.2) is 0 Å². The third-order valence-corrected chi connectivity index (χ3v) is 5.29. The van der Waals surface area contributed by atoms with E-state index < -0.39 is 4.92 Å². The Morgan fingerprint density at radius 1 is 1.11 bits per heavy atom. The number of benzene rings is 2. The van der Waals surface area contributed by atoms with Gasteiger partial charge in [-0.1, -0.05) is 35.9 Å². The molecule has 0 atom stereocenters. The minimum atomic E-state index is -0.454. The summed E-state index contributed by atoms with van der Waals surface area (Å²) in [5.41, 5.74) is 1.73. The fraction of sp³-hybridized carbons (Fsp3) is 0.350. The van der Waals surface area contributed by atoms with E-state index in [0.29, 0.717) is 24.8 Å². The largest absolute Gasteiger partial charge is 0.381 e. The van der Waals surface area contributed by atoms with Crippen molar-refractivity contribution in [1.29, 1.82) is 0 Å². The van der Waals surface area contributed by atoms with E-state index in [-0.39, 0.29) is 23.4 Å². The predicted octanol–water partition coefficient (Wildman–Crippen LogP) is 3.66. The summed E-state index contributed by atoms with van der Waals surface area (Å²) in [6.07, 6.45) is 1.84. The number of rotatable bonds is 6. The number of nitrogens with zero attached hydrogens (tertiary/aromatic N) is 1. The van der Waals surface area contributed by atoms with Gasteiger partial charge in [0.05, 0.1) is 11.3 Å². The quantitative estimate of drug-likeness (QED) is 0.604. The summed E-state index contributed by atoms with van der Waals surface area (Å²) in [6.45, 7) is 1.82. The Morgan fingerprint density at radius 3 is 2.33 bits per heavy atom. The number of non-ortho nitro benzene ring substituents is 1. The van der Waals surface area contributed by atoms with Crippen LogP contribution >= 0.6 is 11.6 Å². The molecule has 0 unspecified atom stereocenters. The number of carbonyl (C=O) groups is 1. The lowest BCUT2D eigenvalue weighted by atomic mass is 9.74. The third-order valence-electron chi connectivity index (χ3n) is 5.04. The van der Waals surface area contributed by atoms with Crippen LogP contribution in [-0.4, -0.2) is 30.6 Å². The molecule has 1 N–H and O–H groups in total. The Kier molecular flexibility index (Phi) is 6.08. The second-order valence-corrected chi connectivity index (χ2v) is 7.21. The zero-order chi connectivity index (χ0) is 19.3. The molecule has 0 saturated carbocycles. The molecule has 1 amide bonds. The van der Waals surface area contributed by atoms with Gasteiger partial charge in [0.25, 0.3) is 5.69 Å². The Bertz CT molecular complexity index is 800. The van der Waals surface area contributed by atoms with E-state index >= 15 is 0 Å². The minimum absolute atomic E-state index is 0.0167. The lowest BCUT2D eigenvalue weighted by molar-refractivity contribution is -0.384. The summed E-state index contributed by atoms with van der Waals surface area (Å²) in [7, 11) is 0. The summed E-state index contributed by atoms with van der Waals surface area (Å²) < 4.78 is 5.51. The van der Waals surface area contributed by atoms with Crippen LogP contribution in [0.2, 0.25) is 5.02 Å². The number of ether oxygens (including phenoxy) is 1. The van der Waals surface area contributed by atoms with Gasteiger partial charge in [0, 0.05) is 42.3 Å². The highest BCUT2D eigenvalue weighted by Crippen LogP contribution is 2.35. The van der Waals surface area contributed by atoms with Crippen molar-refractivity contribution in [3.05, 3.63) is 74.8 Å². The SMILES string of the molecule is O=C(Cc1ccc([N+](=O)[O-])cc1)NCC1(c2ccc(Cl)cc2)CCOCC1. The van der Waals surface area contributed by atoms with Crippen molar-refractivity contribution in [3.8, 4) is 0 Å². The molecule has 0 radical (unpaired) electrons. The van der Waals surface area contributed by atoms with Gasteiger partial charge in [0.2, 0.25) is 5.91 Å². The molecule has 0 aliphatic carbocycles. The van der Waals surface area contributed by atoms with Crippen LogP contribution in [-0.2, 0) is 21.4 Å². The fourth-order valence-electron chi connectivity index (χ4n) is 3.38. The molecule has 1 aliphatic rings. The zero-order valence-electron chi connectivity index (χ0n) is 14.8. The van der Waals surface area contributed by atoms with Crippen molar-refractivity contribution in [2.75, 3.05) is 19.8 Å². The van der Waals surface area contributed by atoms with E-state index in [0.717, 1.165) is 24.0 Å². The number of hydrogen-bond acceptors (Lipinski definition) is 4. The Labute approximate surface area is 162 Å². The van der Waals surface area contributed by atoms with Crippen LogP contribution in [0.25, 0.3) is 0 Å². The van der Waals surface area contributed by atoms with Crippen molar-refractivity contribution < 1.29 is 14.5 Å². The van der Waals surface area contributed by atoms with E-state index in [4.69, 9.17) is 16.3 Å². The van der Waals surface area contributed by atoms with Gasteiger partial charge in [-0.2, -0.15) is 0 Å². The number of nitrogens with one attached hydrogen (secondary N) is 1. The van der Waals surface area contributed by atoms with E-state index in [1.807, 2.05) is 24.3 Å². The van der Waals surface area contributed by atoms with Crippen LogP contribution in [0.4, 0.5) is 5.69 Å². The predicted molar refractivity (Wildman–Crippen MR) is 103 cm³/mol. The van der Waals surface area contributed by atoms with Crippen LogP contribution in [0.3, 0.4) is 0 Å². The standard InChI is InChI=1S/C20H21ClN2O4/c21-17-5-3-16(4-6-17)20(9-11-27-12-10-20)14-22-19(24)13-15-1-7-18(8-2-15)23(25)26/h1-8H,9-14H2,(H,22,24). The molecule has 1 aliphatic heterocycles. The molecule has 3 rings (SSSR count). The molecule has 7 heteroatoms. The molecule has 142 valence electrons. The van der Waals surface area contributed by atoms with Gasteiger partial charge in [-0.05, 0) is 36.1 Å². The highest BCUT2D eigenvalue weighted by atomic mass is 35.5.